The second kappa shape index (κ2) is 7.10. The van der Waals surface area contributed by atoms with E-state index < -0.39 is 34.8 Å². The first-order valence-electron chi connectivity index (χ1n) is 8.21. The molecule has 3 rings (SSSR count). The van der Waals surface area contributed by atoms with E-state index in [4.69, 9.17) is 4.74 Å². The number of nitrogens with zero attached hydrogens (tertiary/aromatic N) is 2. The van der Waals surface area contributed by atoms with Gasteiger partial charge >= 0.3 is 0 Å². The molecule has 8 heteroatoms. The lowest BCUT2D eigenvalue weighted by Crippen LogP contribution is -2.24. The summed E-state index contributed by atoms with van der Waals surface area (Å²) < 4.78 is 72.8. The number of ether oxygens (including phenoxy) is 1. The second-order valence-electron chi connectivity index (χ2n) is 6.06. The maximum absolute atomic E-state index is 13.9. The van der Waals surface area contributed by atoms with Crippen molar-refractivity contribution >= 4 is 11.4 Å². The molecular formula is C20H15F5N2O. The first kappa shape index (κ1) is 19.6. The maximum atomic E-state index is 13.9. The Morgan fingerprint density at radius 1 is 1.04 bits per heavy atom. The number of anilines is 1. The molecule has 1 aromatic carbocycles. The number of hydrogen-bond acceptors (Lipinski definition) is 3. The number of fused-ring (bicyclic) bond motifs is 1. The molecule has 0 unspecified atom stereocenters. The summed E-state index contributed by atoms with van der Waals surface area (Å²) in [5.74, 6) is -11.7. The third-order valence-corrected chi connectivity index (χ3v) is 4.26. The number of aromatic nitrogens is 1. The van der Waals surface area contributed by atoms with Gasteiger partial charge in [0.15, 0.2) is 0 Å². The lowest BCUT2D eigenvalue weighted by Gasteiger charge is -2.29. The molecule has 0 radical (unpaired) electrons. The zero-order valence-corrected chi connectivity index (χ0v) is 15.0. The summed E-state index contributed by atoms with van der Waals surface area (Å²) >= 11 is 0. The summed E-state index contributed by atoms with van der Waals surface area (Å²) in [6.45, 7) is 11.7. The molecule has 2 heterocycles. The second-order valence-corrected chi connectivity index (χ2v) is 6.06. The minimum Gasteiger partial charge on any atom is -0.451 e. The Balaban J connectivity index is 2.02. The van der Waals surface area contributed by atoms with E-state index >= 15 is 0 Å². The average Bonchev–Trinajstić information content (AvgIpc) is 2.68. The van der Waals surface area contributed by atoms with E-state index in [9.17, 15) is 22.0 Å². The van der Waals surface area contributed by atoms with Crippen LogP contribution in [0.5, 0.6) is 5.75 Å². The molecule has 1 aliphatic heterocycles. The number of rotatable bonds is 4. The minimum atomic E-state index is -2.26. The third-order valence-electron chi connectivity index (χ3n) is 4.26. The van der Waals surface area contributed by atoms with Gasteiger partial charge in [-0.1, -0.05) is 13.2 Å². The fourth-order valence-corrected chi connectivity index (χ4v) is 2.77. The third kappa shape index (κ3) is 3.04. The van der Waals surface area contributed by atoms with Crippen molar-refractivity contribution < 1.29 is 26.7 Å². The van der Waals surface area contributed by atoms with Crippen LogP contribution in [0.25, 0.3) is 5.57 Å². The predicted molar refractivity (Wildman–Crippen MR) is 95.1 cm³/mol. The van der Waals surface area contributed by atoms with Crippen molar-refractivity contribution in [3.05, 3.63) is 83.2 Å². The van der Waals surface area contributed by atoms with Gasteiger partial charge in [-0.05, 0) is 31.6 Å². The topological polar surface area (TPSA) is 25.4 Å². The van der Waals surface area contributed by atoms with Crippen LogP contribution >= 0.6 is 0 Å². The van der Waals surface area contributed by atoms with Gasteiger partial charge in [0.25, 0.3) is 0 Å². The van der Waals surface area contributed by atoms with Gasteiger partial charge in [-0.3, -0.25) is 0 Å². The summed E-state index contributed by atoms with van der Waals surface area (Å²) in [5, 5.41) is 0. The van der Waals surface area contributed by atoms with Gasteiger partial charge in [0.1, 0.15) is 11.6 Å². The zero-order chi connectivity index (χ0) is 20.7. The molecule has 0 aliphatic carbocycles. The zero-order valence-electron chi connectivity index (χ0n) is 15.0. The van der Waals surface area contributed by atoms with Gasteiger partial charge in [0, 0.05) is 29.6 Å². The normalized spacial score (nSPS) is 13.3. The maximum Gasteiger partial charge on any atom is 0.207 e. The number of hydrogen-bond donors (Lipinski definition) is 0. The van der Waals surface area contributed by atoms with Crippen molar-refractivity contribution in [3.8, 4) is 5.75 Å². The van der Waals surface area contributed by atoms with Gasteiger partial charge in [-0.25, -0.2) is 18.2 Å². The van der Waals surface area contributed by atoms with Crippen LogP contribution in [-0.2, 0) is 0 Å². The molecule has 0 saturated carbocycles. The number of aryl methyl sites for hydroxylation is 1. The highest BCUT2D eigenvalue weighted by Crippen LogP contribution is 2.39. The van der Waals surface area contributed by atoms with Crippen molar-refractivity contribution in [2.45, 2.75) is 13.8 Å². The van der Waals surface area contributed by atoms with Gasteiger partial charge in [-0.2, -0.15) is 8.78 Å². The first-order valence-corrected chi connectivity index (χ1v) is 8.21. The van der Waals surface area contributed by atoms with Gasteiger partial charge in [0.2, 0.25) is 34.8 Å². The van der Waals surface area contributed by atoms with Crippen molar-refractivity contribution in [3.63, 3.8) is 0 Å². The quantitative estimate of drug-likeness (QED) is 0.300. The van der Waals surface area contributed by atoms with Crippen LogP contribution in [0, 0.1) is 36.0 Å². The standard InChI is InChI=1S/C20H15F5N2O/c1-5-27-8-13(10(3)12-7-6-9(2)26-20(12)27)11(4)28-19-17(24)15(22)14(21)16(23)18(19)25/h6-8H,3-5H2,1-2H3. The Morgan fingerprint density at radius 3 is 2.18 bits per heavy atom. The predicted octanol–water partition coefficient (Wildman–Crippen LogP) is 5.42. The SMILES string of the molecule is C=C(Oc1c(F)c(F)c(F)c(F)c1F)C1=CN(CC)c2nc(C)ccc2C1=C. The summed E-state index contributed by atoms with van der Waals surface area (Å²) in [5.41, 5.74) is 2.04. The van der Waals surface area contributed by atoms with E-state index in [2.05, 4.69) is 18.1 Å². The van der Waals surface area contributed by atoms with Crippen molar-refractivity contribution in [2.24, 2.45) is 0 Å². The molecule has 1 aromatic heterocycles. The van der Waals surface area contributed by atoms with Crippen LogP contribution < -0.4 is 9.64 Å². The molecule has 0 atom stereocenters. The molecule has 1 aliphatic rings. The fourth-order valence-electron chi connectivity index (χ4n) is 2.77. The Hall–Kier alpha value is -3.16. The van der Waals surface area contributed by atoms with Crippen LogP contribution in [0.3, 0.4) is 0 Å². The number of benzene rings is 1. The van der Waals surface area contributed by atoms with Crippen LogP contribution in [0.1, 0.15) is 18.2 Å². The van der Waals surface area contributed by atoms with E-state index in [1.807, 2.05) is 13.8 Å². The molecule has 0 amide bonds. The molecule has 146 valence electrons. The average molecular weight is 394 g/mol. The molecule has 0 fully saturated rings. The Bertz CT molecular complexity index is 1020. The van der Waals surface area contributed by atoms with Gasteiger partial charge < -0.3 is 9.64 Å². The summed E-state index contributed by atoms with van der Waals surface area (Å²) in [6, 6.07) is 3.52. The highest BCUT2D eigenvalue weighted by atomic mass is 19.2. The van der Waals surface area contributed by atoms with E-state index in [-0.39, 0.29) is 11.3 Å². The smallest absolute Gasteiger partial charge is 0.207 e. The van der Waals surface area contributed by atoms with Gasteiger partial charge in [-0.15, -0.1) is 0 Å². The Morgan fingerprint density at radius 2 is 1.61 bits per heavy atom. The number of pyridine rings is 1. The first-order chi connectivity index (χ1) is 13.2. The summed E-state index contributed by atoms with van der Waals surface area (Å²) in [4.78, 5) is 6.18. The van der Waals surface area contributed by atoms with Crippen LogP contribution in [0.4, 0.5) is 27.8 Å². The highest BCUT2D eigenvalue weighted by Gasteiger charge is 2.30. The highest BCUT2D eigenvalue weighted by molar-refractivity contribution is 5.90. The summed E-state index contributed by atoms with van der Waals surface area (Å²) in [7, 11) is 0. The van der Waals surface area contributed by atoms with Crippen molar-refractivity contribution in [1.29, 1.82) is 0 Å². The minimum absolute atomic E-state index is 0.240. The van der Waals surface area contributed by atoms with Gasteiger partial charge in [0.05, 0.1) is 0 Å². The molecule has 2 aromatic rings. The van der Waals surface area contributed by atoms with Crippen LogP contribution in [0.15, 0.2) is 42.8 Å². The fraction of sp³-hybridized carbons (Fsp3) is 0.150. The monoisotopic (exact) mass is 394 g/mol. The molecule has 3 nitrogen and oxygen atoms in total. The molecule has 0 N–H and O–H groups in total. The Kier molecular flexibility index (Phi) is 4.97. The largest absolute Gasteiger partial charge is 0.451 e. The Labute approximate surface area is 158 Å². The van der Waals surface area contributed by atoms with Crippen molar-refractivity contribution in [1.82, 2.24) is 4.98 Å². The van der Waals surface area contributed by atoms with Crippen LogP contribution in [0.2, 0.25) is 0 Å². The summed E-state index contributed by atoms with van der Waals surface area (Å²) in [6.07, 6.45) is 1.55. The van der Waals surface area contributed by atoms with E-state index in [1.165, 1.54) is 0 Å². The molecule has 28 heavy (non-hydrogen) atoms. The van der Waals surface area contributed by atoms with E-state index in [0.29, 0.717) is 23.5 Å². The molecular weight excluding hydrogens is 379 g/mol. The molecule has 0 bridgehead atoms. The number of halogens is 5. The number of allylic oxidation sites excluding steroid dienone is 1. The van der Waals surface area contributed by atoms with Crippen molar-refractivity contribution in [2.75, 3.05) is 11.4 Å². The van der Waals surface area contributed by atoms with E-state index in [1.54, 1.807) is 23.2 Å². The lowest BCUT2D eigenvalue weighted by molar-refractivity contribution is 0.321. The lowest BCUT2D eigenvalue weighted by atomic mass is 9.95. The molecule has 0 spiro atoms. The molecule has 0 saturated heterocycles. The van der Waals surface area contributed by atoms with E-state index in [0.717, 1.165) is 5.69 Å². The van der Waals surface area contributed by atoms with Crippen LogP contribution in [-0.4, -0.2) is 11.5 Å².